The number of ether oxygens (including phenoxy) is 2. The number of fused-ring (bicyclic) bond motifs is 4. The summed E-state index contributed by atoms with van der Waals surface area (Å²) in [5.41, 5.74) is 0.903. The normalized spacial score (nSPS) is 26.2. The van der Waals surface area contributed by atoms with E-state index in [1.807, 2.05) is 0 Å². The largest absolute Gasteiger partial charge is 0.573 e. The fourth-order valence-electron chi connectivity index (χ4n) is 2.51. The Morgan fingerprint density at radius 3 is 2.94 bits per heavy atom. The number of hydrogen-bond acceptors (Lipinski definition) is 3. The van der Waals surface area contributed by atoms with E-state index in [0.717, 1.165) is 24.9 Å². The molecule has 0 amide bonds. The van der Waals surface area contributed by atoms with E-state index in [4.69, 9.17) is 4.74 Å². The van der Waals surface area contributed by atoms with Crippen LogP contribution in [0.15, 0.2) is 18.2 Å². The summed E-state index contributed by atoms with van der Waals surface area (Å²) in [4.78, 5) is 0. The van der Waals surface area contributed by atoms with Crippen LogP contribution >= 0.6 is 0 Å². The number of piperidine rings is 1. The second kappa shape index (κ2) is 4.05. The van der Waals surface area contributed by atoms with Crippen LogP contribution in [-0.4, -0.2) is 19.0 Å². The Balaban J connectivity index is 1.89. The molecule has 2 aliphatic rings. The molecule has 1 saturated heterocycles. The van der Waals surface area contributed by atoms with Gasteiger partial charge in [0, 0.05) is 24.1 Å². The summed E-state index contributed by atoms with van der Waals surface area (Å²) >= 11 is 0. The maximum Gasteiger partial charge on any atom is 0.573 e. The number of rotatable bonds is 1. The zero-order valence-corrected chi connectivity index (χ0v) is 9.46. The standard InChI is InChI=1S/C12H12F3NO2/c13-12(14,15)18-8-1-2-9-10-5-7(3-4-16-10)17-11(9)6-8/h1-2,6-7,10,16H,3-5H2/t7-,10+/m0/s1. The average molecular weight is 259 g/mol. The Labute approximate surface area is 102 Å². The van der Waals surface area contributed by atoms with Crippen LogP contribution in [0.4, 0.5) is 13.2 Å². The molecule has 0 saturated carbocycles. The highest BCUT2D eigenvalue weighted by molar-refractivity contribution is 5.44. The molecule has 2 atom stereocenters. The van der Waals surface area contributed by atoms with E-state index in [9.17, 15) is 13.2 Å². The molecule has 2 bridgehead atoms. The summed E-state index contributed by atoms with van der Waals surface area (Å²) in [5, 5.41) is 3.33. The summed E-state index contributed by atoms with van der Waals surface area (Å²) in [6, 6.07) is 4.45. The molecule has 3 nitrogen and oxygen atoms in total. The van der Waals surface area contributed by atoms with Crippen molar-refractivity contribution in [3.63, 3.8) is 0 Å². The molecule has 98 valence electrons. The molecule has 0 unspecified atom stereocenters. The molecular formula is C12H12F3NO2. The zero-order valence-electron chi connectivity index (χ0n) is 9.46. The first-order chi connectivity index (χ1) is 8.51. The van der Waals surface area contributed by atoms with Crippen molar-refractivity contribution >= 4 is 0 Å². The Hall–Kier alpha value is -1.43. The Bertz CT molecular complexity index is 461. The summed E-state index contributed by atoms with van der Waals surface area (Å²) in [6.07, 6.45) is -2.84. The van der Waals surface area contributed by atoms with E-state index in [-0.39, 0.29) is 17.9 Å². The summed E-state index contributed by atoms with van der Waals surface area (Å²) in [7, 11) is 0. The zero-order chi connectivity index (χ0) is 12.8. The lowest BCUT2D eigenvalue weighted by Gasteiger charge is -2.37. The van der Waals surface area contributed by atoms with Gasteiger partial charge in [0.2, 0.25) is 0 Å². The first kappa shape index (κ1) is 11.6. The number of benzene rings is 1. The lowest BCUT2D eigenvalue weighted by Crippen LogP contribution is -2.40. The smallest absolute Gasteiger partial charge is 0.490 e. The fraction of sp³-hybridized carbons (Fsp3) is 0.500. The van der Waals surface area contributed by atoms with Gasteiger partial charge in [-0.15, -0.1) is 13.2 Å². The van der Waals surface area contributed by atoms with Gasteiger partial charge < -0.3 is 14.8 Å². The van der Waals surface area contributed by atoms with Crippen LogP contribution in [0.2, 0.25) is 0 Å². The molecule has 0 radical (unpaired) electrons. The van der Waals surface area contributed by atoms with E-state index in [0.29, 0.717) is 5.75 Å². The summed E-state index contributed by atoms with van der Waals surface area (Å²) in [5.74, 6) is 0.256. The van der Waals surface area contributed by atoms with Gasteiger partial charge in [-0.05, 0) is 19.0 Å². The van der Waals surface area contributed by atoms with Crippen molar-refractivity contribution in [2.24, 2.45) is 0 Å². The summed E-state index contributed by atoms with van der Waals surface area (Å²) < 4.78 is 45.9. The molecule has 1 N–H and O–H groups in total. The van der Waals surface area contributed by atoms with Gasteiger partial charge in [0.1, 0.15) is 17.6 Å². The van der Waals surface area contributed by atoms with Crippen molar-refractivity contribution in [1.82, 2.24) is 5.32 Å². The molecule has 3 rings (SSSR count). The Morgan fingerprint density at radius 1 is 1.33 bits per heavy atom. The van der Waals surface area contributed by atoms with E-state index in [2.05, 4.69) is 10.1 Å². The van der Waals surface area contributed by atoms with Gasteiger partial charge in [0.25, 0.3) is 0 Å². The predicted octanol–water partition coefficient (Wildman–Crippen LogP) is 2.77. The van der Waals surface area contributed by atoms with Gasteiger partial charge in [-0.3, -0.25) is 0 Å². The van der Waals surface area contributed by atoms with Crippen molar-refractivity contribution in [3.05, 3.63) is 23.8 Å². The maximum atomic E-state index is 12.1. The highest BCUT2D eigenvalue weighted by Crippen LogP contribution is 2.40. The third-order valence-electron chi connectivity index (χ3n) is 3.24. The van der Waals surface area contributed by atoms with Gasteiger partial charge >= 0.3 is 6.36 Å². The minimum atomic E-state index is -4.67. The fourth-order valence-corrected chi connectivity index (χ4v) is 2.51. The molecule has 1 aromatic rings. The first-order valence-corrected chi connectivity index (χ1v) is 5.81. The van der Waals surface area contributed by atoms with E-state index in [1.165, 1.54) is 12.1 Å². The number of nitrogens with one attached hydrogen (secondary N) is 1. The molecule has 2 aliphatic heterocycles. The molecule has 0 spiro atoms. The topological polar surface area (TPSA) is 30.5 Å². The van der Waals surface area contributed by atoms with Crippen LogP contribution < -0.4 is 14.8 Å². The second-order valence-electron chi connectivity index (χ2n) is 4.52. The number of hydrogen-bond donors (Lipinski definition) is 1. The first-order valence-electron chi connectivity index (χ1n) is 5.81. The Morgan fingerprint density at radius 2 is 2.17 bits per heavy atom. The molecule has 0 aromatic heterocycles. The van der Waals surface area contributed by atoms with Crippen LogP contribution in [0.25, 0.3) is 0 Å². The van der Waals surface area contributed by atoms with Crippen molar-refractivity contribution < 1.29 is 22.6 Å². The maximum absolute atomic E-state index is 12.1. The van der Waals surface area contributed by atoms with Gasteiger partial charge in [-0.2, -0.15) is 0 Å². The van der Waals surface area contributed by atoms with E-state index < -0.39 is 6.36 Å². The van der Waals surface area contributed by atoms with Crippen LogP contribution in [0.1, 0.15) is 24.4 Å². The molecule has 1 aromatic carbocycles. The van der Waals surface area contributed by atoms with Gasteiger partial charge in [-0.25, -0.2) is 0 Å². The highest BCUT2D eigenvalue weighted by Gasteiger charge is 2.34. The van der Waals surface area contributed by atoms with Crippen molar-refractivity contribution in [1.29, 1.82) is 0 Å². The third-order valence-corrected chi connectivity index (χ3v) is 3.24. The summed E-state index contributed by atoms with van der Waals surface area (Å²) in [6.45, 7) is 0.871. The lowest BCUT2D eigenvalue weighted by atomic mass is 9.92. The third kappa shape index (κ3) is 2.25. The quantitative estimate of drug-likeness (QED) is 0.841. The predicted molar refractivity (Wildman–Crippen MR) is 57.5 cm³/mol. The highest BCUT2D eigenvalue weighted by atomic mass is 19.4. The molecule has 0 aliphatic carbocycles. The lowest BCUT2D eigenvalue weighted by molar-refractivity contribution is -0.274. The molecule has 18 heavy (non-hydrogen) atoms. The van der Waals surface area contributed by atoms with Gasteiger partial charge in [-0.1, -0.05) is 6.07 Å². The molecule has 6 heteroatoms. The number of alkyl halides is 3. The molecule has 2 heterocycles. The van der Waals surface area contributed by atoms with Crippen molar-refractivity contribution in [3.8, 4) is 11.5 Å². The van der Waals surface area contributed by atoms with E-state index >= 15 is 0 Å². The average Bonchev–Trinajstić information content (AvgIpc) is 2.26. The van der Waals surface area contributed by atoms with Crippen LogP contribution in [0, 0.1) is 0 Å². The SMILES string of the molecule is FC(F)(F)Oc1ccc2c(c1)O[C@H]1CCN[C@@H]2C1. The van der Waals surface area contributed by atoms with Crippen LogP contribution in [0.3, 0.4) is 0 Å². The van der Waals surface area contributed by atoms with Gasteiger partial charge in [0.05, 0.1) is 0 Å². The van der Waals surface area contributed by atoms with Crippen LogP contribution in [-0.2, 0) is 0 Å². The molecular weight excluding hydrogens is 247 g/mol. The monoisotopic (exact) mass is 259 g/mol. The second-order valence-corrected chi connectivity index (χ2v) is 4.52. The van der Waals surface area contributed by atoms with Gasteiger partial charge in [0.15, 0.2) is 0 Å². The number of halogens is 3. The Kier molecular flexibility index (Phi) is 2.62. The molecule has 1 fully saturated rings. The van der Waals surface area contributed by atoms with Crippen molar-refractivity contribution in [2.75, 3.05) is 6.54 Å². The minimum Gasteiger partial charge on any atom is -0.490 e. The van der Waals surface area contributed by atoms with E-state index in [1.54, 1.807) is 6.07 Å². The van der Waals surface area contributed by atoms with Crippen LogP contribution in [0.5, 0.6) is 11.5 Å². The van der Waals surface area contributed by atoms with Crippen molar-refractivity contribution in [2.45, 2.75) is 31.3 Å². The minimum absolute atomic E-state index is 0.0879.